The van der Waals surface area contributed by atoms with Crippen LogP contribution in [0.4, 0.5) is 5.69 Å². The van der Waals surface area contributed by atoms with Crippen LogP contribution in [-0.4, -0.2) is 24.5 Å². The fourth-order valence-electron chi connectivity index (χ4n) is 3.62. The topological polar surface area (TPSA) is 42.4 Å². The van der Waals surface area contributed by atoms with Crippen LogP contribution in [0, 0.1) is 6.92 Å². The quantitative estimate of drug-likeness (QED) is 0.664. The summed E-state index contributed by atoms with van der Waals surface area (Å²) in [4.78, 5) is 19.6. The molecule has 0 fully saturated rings. The number of fused-ring (bicyclic) bond motifs is 1. The van der Waals surface area contributed by atoms with Gasteiger partial charge in [-0.05, 0) is 37.0 Å². The van der Waals surface area contributed by atoms with E-state index in [0.717, 1.165) is 47.1 Å². The first-order valence-electron chi connectivity index (χ1n) is 9.14. The van der Waals surface area contributed by atoms with Crippen molar-refractivity contribution < 1.29 is 9.53 Å². The van der Waals surface area contributed by atoms with Crippen LogP contribution in [0.1, 0.15) is 23.2 Å². The minimum atomic E-state index is 0.0739. The number of methoxy groups -OCH3 is 1. The highest BCUT2D eigenvalue weighted by atomic mass is 32.1. The second-order valence-corrected chi connectivity index (χ2v) is 7.61. The monoisotopic (exact) mass is 378 g/mol. The number of anilines is 1. The van der Waals surface area contributed by atoms with E-state index in [-0.39, 0.29) is 5.91 Å². The van der Waals surface area contributed by atoms with Gasteiger partial charge in [0.05, 0.1) is 24.9 Å². The van der Waals surface area contributed by atoms with Gasteiger partial charge in [-0.25, -0.2) is 4.98 Å². The van der Waals surface area contributed by atoms with Crippen LogP contribution in [0.5, 0.6) is 5.75 Å². The van der Waals surface area contributed by atoms with E-state index in [4.69, 9.17) is 4.74 Å². The fraction of sp³-hybridized carbons (Fsp3) is 0.273. The van der Waals surface area contributed by atoms with Crippen molar-refractivity contribution in [2.75, 3.05) is 18.6 Å². The molecule has 138 valence electrons. The Hall–Kier alpha value is -2.66. The number of thiazole rings is 1. The summed E-state index contributed by atoms with van der Waals surface area (Å²) in [7, 11) is 1.66. The molecular formula is C22H22N2O2S. The highest BCUT2D eigenvalue weighted by Crippen LogP contribution is 2.38. The Labute approximate surface area is 163 Å². The Balaban J connectivity index is 1.59. The lowest BCUT2D eigenvalue weighted by Crippen LogP contribution is -2.37. The molecule has 0 bridgehead atoms. The molecule has 4 rings (SSSR count). The van der Waals surface area contributed by atoms with Gasteiger partial charge in [-0.2, -0.15) is 0 Å². The minimum Gasteiger partial charge on any atom is -0.495 e. The molecule has 1 aliphatic heterocycles. The van der Waals surface area contributed by atoms with Gasteiger partial charge < -0.3 is 9.64 Å². The SMILES string of the molecule is COc1ccc(C)c2c1N(C(=O)Cc1csc(-c3ccccc3)n1)CCC2. The van der Waals surface area contributed by atoms with E-state index in [0.29, 0.717) is 6.42 Å². The first-order chi connectivity index (χ1) is 13.2. The Morgan fingerprint density at radius 1 is 1.22 bits per heavy atom. The summed E-state index contributed by atoms with van der Waals surface area (Å²) < 4.78 is 5.55. The fourth-order valence-corrected chi connectivity index (χ4v) is 4.44. The molecule has 0 saturated heterocycles. The number of ether oxygens (including phenoxy) is 1. The molecule has 5 heteroatoms. The second kappa shape index (κ2) is 7.53. The van der Waals surface area contributed by atoms with Gasteiger partial charge in [0.1, 0.15) is 10.8 Å². The van der Waals surface area contributed by atoms with E-state index in [2.05, 4.69) is 18.0 Å². The summed E-state index contributed by atoms with van der Waals surface area (Å²) >= 11 is 1.58. The summed E-state index contributed by atoms with van der Waals surface area (Å²) in [6, 6.07) is 14.1. The number of carbonyl (C=O) groups is 1. The number of carbonyl (C=O) groups excluding carboxylic acids is 1. The third-order valence-corrected chi connectivity index (χ3v) is 5.92. The molecule has 2 aromatic carbocycles. The van der Waals surface area contributed by atoms with Crippen molar-refractivity contribution in [1.29, 1.82) is 0 Å². The summed E-state index contributed by atoms with van der Waals surface area (Å²) in [5.41, 5.74) is 5.28. The molecule has 0 unspecified atom stereocenters. The number of hydrogen-bond acceptors (Lipinski definition) is 4. The lowest BCUT2D eigenvalue weighted by Gasteiger charge is -2.32. The minimum absolute atomic E-state index is 0.0739. The standard InChI is InChI=1S/C22H22N2O2S/c1-15-10-11-19(26-2)21-18(15)9-6-12-24(21)20(25)13-17-14-27-22(23-17)16-7-4-3-5-8-16/h3-5,7-8,10-11,14H,6,9,12-13H2,1-2H3. The molecule has 0 atom stereocenters. The predicted molar refractivity (Wildman–Crippen MR) is 110 cm³/mol. The first-order valence-corrected chi connectivity index (χ1v) is 10.0. The smallest absolute Gasteiger partial charge is 0.233 e. The van der Waals surface area contributed by atoms with Gasteiger partial charge in [0.2, 0.25) is 5.91 Å². The van der Waals surface area contributed by atoms with E-state index < -0.39 is 0 Å². The molecule has 0 radical (unpaired) electrons. The molecule has 0 aliphatic carbocycles. The molecule has 1 amide bonds. The van der Waals surface area contributed by atoms with Crippen LogP contribution in [-0.2, 0) is 17.6 Å². The third-order valence-electron chi connectivity index (χ3n) is 4.98. The second-order valence-electron chi connectivity index (χ2n) is 6.75. The molecule has 1 aliphatic rings. The molecule has 2 heterocycles. The lowest BCUT2D eigenvalue weighted by atomic mass is 9.96. The van der Waals surface area contributed by atoms with E-state index >= 15 is 0 Å². The number of hydrogen-bond donors (Lipinski definition) is 0. The van der Waals surface area contributed by atoms with Crippen molar-refractivity contribution in [2.24, 2.45) is 0 Å². The van der Waals surface area contributed by atoms with Gasteiger partial charge >= 0.3 is 0 Å². The average molecular weight is 378 g/mol. The van der Waals surface area contributed by atoms with Crippen molar-refractivity contribution >= 4 is 22.9 Å². The van der Waals surface area contributed by atoms with Crippen molar-refractivity contribution in [1.82, 2.24) is 4.98 Å². The van der Waals surface area contributed by atoms with Gasteiger partial charge in [-0.1, -0.05) is 36.4 Å². The van der Waals surface area contributed by atoms with Crippen LogP contribution in [0.25, 0.3) is 10.6 Å². The zero-order valence-electron chi connectivity index (χ0n) is 15.6. The Morgan fingerprint density at radius 3 is 2.81 bits per heavy atom. The Morgan fingerprint density at radius 2 is 2.04 bits per heavy atom. The van der Waals surface area contributed by atoms with E-state index in [1.54, 1.807) is 18.4 Å². The van der Waals surface area contributed by atoms with Crippen LogP contribution in [0.2, 0.25) is 0 Å². The molecule has 0 spiro atoms. The maximum absolute atomic E-state index is 13.1. The van der Waals surface area contributed by atoms with Crippen LogP contribution in [0.3, 0.4) is 0 Å². The Kier molecular flexibility index (Phi) is 4.94. The number of benzene rings is 2. The molecule has 27 heavy (non-hydrogen) atoms. The Bertz CT molecular complexity index is 966. The van der Waals surface area contributed by atoms with Gasteiger partial charge in [0, 0.05) is 17.5 Å². The van der Waals surface area contributed by atoms with Crippen LogP contribution >= 0.6 is 11.3 Å². The molecule has 1 aromatic heterocycles. The maximum Gasteiger partial charge on any atom is 0.233 e. The average Bonchev–Trinajstić information content (AvgIpc) is 3.17. The number of aryl methyl sites for hydroxylation is 1. The molecule has 0 saturated carbocycles. The van der Waals surface area contributed by atoms with E-state index in [1.807, 2.05) is 46.7 Å². The largest absolute Gasteiger partial charge is 0.495 e. The highest BCUT2D eigenvalue weighted by Gasteiger charge is 2.27. The van der Waals surface area contributed by atoms with Gasteiger partial charge in [0.15, 0.2) is 0 Å². The number of amides is 1. The maximum atomic E-state index is 13.1. The number of nitrogens with zero attached hydrogens (tertiary/aromatic N) is 2. The lowest BCUT2D eigenvalue weighted by molar-refractivity contribution is -0.118. The third kappa shape index (κ3) is 3.47. The van der Waals surface area contributed by atoms with Crippen molar-refractivity contribution in [3.8, 4) is 16.3 Å². The zero-order chi connectivity index (χ0) is 18.8. The summed E-state index contributed by atoms with van der Waals surface area (Å²) in [6.45, 7) is 2.82. The normalized spacial score (nSPS) is 13.3. The van der Waals surface area contributed by atoms with Crippen molar-refractivity contribution in [2.45, 2.75) is 26.2 Å². The summed E-state index contributed by atoms with van der Waals surface area (Å²) in [5.74, 6) is 0.844. The molecule has 4 nitrogen and oxygen atoms in total. The van der Waals surface area contributed by atoms with Gasteiger partial charge in [-0.15, -0.1) is 11.3 Å². The van der Waals surface area contributed by atoms with Crippen molar-refractivity contribution in [3.63, 3.8) is 0 Å². The van der Waals surface area contributed by atoms with Crippen LogP contribution < -0.4 is 9.64 Å². The molecule has 3 aromatic rings. The molecule has 0 N–H and O–H groups in total. The first kappa shape index (κ1) is 17.7. The van der Waals surface area contributed by atoms with Gasteiger partial charge in [0.25, 0.3) is 0 Å². The number of rotatable bonds is 4. The van der Waals surface area contributed by atoms with Crippen LogP contribution in [0.15, 0.2) is 47.8 Å². The summed E-state index contributed by atoms with van der Waals surface area (Å²) in [6.07, 6.45) is 2.26. The summed E-state index contributed by atoms with van der Waals surface area (Å²) in [5, 5.41) is 2.93. The zero-order valence-corrected chi connectivity index (χ0v) is 16.4. The number of aromatic nitrogens is 1. The van der Waals surface area contributed by atoms with Crippen molar-refractivity contribution in [3.05, 3.63) is 64.7 Å². The van der Waals surface area contributed by atoms with E-state index in [1.165, 1.54) is 11.1 Å². The highest BCUT2D eigenvalue weighted by molar-refractivity contribution is 7.13. The molecular weight excluding hydrogens is 356 g/mol. The van der Waals surface area contributed by atoms with Gasteiger partial charge in [-0.3, -0.25) is 4.79 Å². The predicted octanol–water partition coefficient (Wildman–Crippen LogP) is 4.65. The van der Waals surface area contributed by atoms with E-state index in [9.17, 15) is 4.79 Å².